The van der Waals surface area contributed by atoms with Gasteiger partial charge in [0.05, 0.1) is 6.20 Å². The topological polar surface area (TPSA) is 16.6 Å². The van der Waals surface area contributed by atoms with Crippen molar-refractivity contribution >= 4 is 0 Å². The molecule has 0 bridgehead atoms. The molecule has 1 nitrogen and oxygen atoms in total. The number of benzene rings is 1. The van der Waals surface area contributed by atoms with Crippen LogP contribution in [0.5, 0.6) is 0 Å². The van der Waals surface area contributed by atoms with E-state index in [0.29, 0.717) is 0 Å². The molecule has 1 rings (SSSR count). The molecule has 0 saturated carbocycles. The van der Waals surface area contributed by atoms with Crippen molar-refractivity contribution in [3.63, 3.8) is 0 Å². The van der Waals surface area contributed by atoms with E-state index in [1.165, 1.54) is 11.1 Å². The molecule has 2 heteroatoms. The summed E-state index contributed by atoms with van der Waals surface area (Å²) in [6, 6.07) is 8.48. The Morgan fingerprint density at radius 3 is 2.36 bits per heavy atom. The SMILES string of the molecule is C=C[NH2+]C(C)(C)c1ccccc1C.[Br-]. The van der Waals surface area contributed by atoms with Crippen molar-refractivity contribution in [2.45, 2.75) is 26.3 Å². The predicted octanol–water partition coefficient (Wildman–Crippen LogP) is -1.06. The van der Waals surface area contributed by atoms with Crippen molar-refractivity contribution in [1.29, 1.82) is 0 Å². The van der Waals surface area contributed by atoms with Crippen LogP contribution in [-0.2, 0) is 5.54 Å². The molecule has 0 aliphatic carbocycles. The highest BCUT2D eigenvalue weighted by Gasteiger charge is 2.23. The Morgan fingerprint density at radius 2 is 1.86 bits per heavy atom. The van der Waals surface area contributed by atoms with Gasteiger partial charge in [0.15, 0.2) is 0 Å². The number of quaternary nitrogens is 1. The molecule has 2 N–H and O–H groups in total. The highest BCUT2D eigenvalue weighted by atomic mass is 79.9. The minimum Gasteiger partial charge on any atom is -1.00 e. The summed E-state index contributed by atoms with van der Waals surface area (Å²) < 4.78 is 0. The first-order chi connectivity index (χ1) is 6.08. The van der Waals surface area contributed by atoms with Crippen LogP contribution in [0.3, 0.4) is 0 Å². The summed E-state index contributed by atoms with van der Waals surface area (Å²) in [5, 5.41) is 2.13. The molecule has 0 aromatic heterocycles. The first-order valence-electron chi connectivity index (χ1n) is 4.61. The van der Waals surface area contributed by atoms with Crippen LogP contribution < -0.4 is 22.3 Å². The summed E-state index contributed by atoms with van der Waals surface area (Å²) in [6.45, 7) is 10.3. The van der Waals surface area contributed by atoms with Gasteiger partial charge >= 0.3 is 0 Å². The normalized spacial score (nSPS) is 10.5. The van der Waals surface area contributed by atoms with Gasteiger partial charge in [-0.1, -0.05) is 24.3 Å². The van der Waals surface area contributed by atoms with E-state index >= 15 is 0 Å². The van der Waals surface area contributed by atoms with E-state index < -0.39 is 0 Å². The van der Waals surface area contributed by atoms with Gasteiger partial charge in [-0.05, 0) is 32.9 Å². The molecule has 0 aliphatic heterocycles. The zero-order valence-electron chi connectivity index (χ0n) is 9.05. The van der Waals surface area contributed by atoms with Crippen molar-refractivity contribution in [2.24, 2.45) is 0 Å². The van der Waals surface area contributed by atoms with Crippen molar-refractivity contribution in [1.82, 2.24) is 0 Å². The second kappa shape index (κ2) is 5.32. The average molecular weight is 256 g/mol. The zero-order valence-corrected chi connectivity index (χ0v) is 10.6. The highest BCUT2D eigenvalue weighted by Crippen LogP contribution is 2.18. The first kappa shape index (κ1) is 13.4. The highest BCUT2D eigenvalue weighted by molar-refractivity contribution is 5.29. The molecule has 0 heterocycles. The third kappa shape index (κ3) is 2.96. The van der Waals surface area contributed by atoms with Gasteiger partial charge in [-0.25, -0.2) is 0 Å². The van der Waals surface area contributed by atoms with Gasteiger partial charge in [-0.3, -0.25) is 0 Å². The van der Waals surface area contributed by atoms with E-state index in [1.807, 2.05) is 6.20 Å². The standard InChI is InChI=1S/C12H17N.BrH/c1-5-13-12(3,4)11-9-7-6-8-10(11)2;/h5-9,13H,1H2,2-4H3;1H. The molecule has 1 aromatic rings. The largest absolute Gasteiger partial charge is 1.00 e. The minimum atomic E-state index is 0. The number of halogens is 1. The summed E-state index contributed by atoms with van der Waals surface area (Å²) in [7, 11) is 0. The molecule has 0 atom stereocenters. The minimum absolute atomic E-state index is 0. The van der Waals surface area contributed by atoms with E-state index in [2.05, 4.69) is 56.9 Å². The summed E-state index contributed by atoms with van der Waals surface area (Å²) in [5.41, 5.74) is 2.80. The second-order valence-electron chi connectivity index (χ2n) is 3.94. The molecular formula is C12H18BrN. The van der Waals surface area contributed by atoms with Gasteiger partial charge in [0.25, 0.3) is 0 Å². The average Bonchev–Trinajstić information content (AvgIpc) is 2.04. The Morgan fingerprint density at radius 1 is 1.29 bits per heavy atom. The molecule has 1 aromatic carbocycles. The summed E-state index contributed by atoms with van der Waals surface area (Å²) in [6.07, 6.45) is 1.87. The van der Waals surface area contributed by atoms with Gasteiger partial charge in [0.1, 0.15) is 5.54 Å². The first-order valence-corrected chi connectivity index (χ1v) is 4.61. The van der Waals surface area contributed by atoms with E-state index in [0.717, 1.165) is 0 Å². The number of aryl methyl sites for hydroxylation is 1. The fourth-order valence-corrected chi connectivity index (χ4v) is 1.68. The van der Waals surface area contributed by atoms with Crippen molar-refractivity contribution < 1.29 is 22.3 Å². The van der Waals surface area contributed by atoms with Gasteiger partial charge < -0.3 is 22.3 Å². The van der Waals surface area contributed by atoms with Crippen LogP contribution in [-0.4, -0.2) is 0 Å². The predicted molar refractivity (Wildman–Crippen MR) is 56.3 cm³/mol. The Kier molecular flexibility index (Phi) is 5.09. The Bertz CT molecular complexity index is 305. The molecule has 0 aliphatic rings. The van der Waals surface area contributed by atoms with Crippen LogP contribution >= 0.6 is 0 Å². The van der Waals surface area contributed by atoms with Crippen LogP contribution in [0.2, 0.25) is 0 Å². The lowest BCUT2D eigenvalue weighted by atomic mass is 9.91. The third-order valence-electron chi connectivity index (χ3n) is 2.37. The van der Waals surface area contributed by atoms with Gasteiger partial charge in [-0.2, -0.15) is 0 Å². The monoisotopic (exact) mass is 255 g/mol. The molecule has 0 saturated heterocycles. The number of rotatable bonds is 3. The van der Waals surface area contributed by atoms with E-state index in [-0.39, 0.29) is 22.5 Å². The second-order valence-corrected chi connectivity index (χ2v) is 3.94. The number of nitrogens with two attached hydrogens (primary N) is 1. The van der Waals surface area contributed by atoms with Gasteiger partial charge in [-0.15, -0.1) is 0 Å². The van der Waals surface area contributed by atoms with E-state index in [9.17, 15) is 0 Å². The maximum Gasteiger partial charge on any atom is 0.120 e. The lowest BCUT2D eigenvalue weighted by Crippen LogP contribution is -3.00. The lowest BCUT2D eigenvalue weighted by molar-refractivity contribution is -0.670. The number of hydrogen-bond donors (Lipinski definition) is 1. The van der Waals surface area contributed by atoms with Crippen LogP contribution in [0, 0.1) is 6.92 Å². The van der Waals surface area contributed by atoms with Crippen LogP contribution in [0.25, 0.3) is 0 Å². The van der Waals surface area contributed by atoms with Gasteiger partial charge in [0, 0.05) is 5.56 Å². The van der Waals surface area contributed by atoms with Gasteiger partial charge in [0.2, 0.25) is 0 Å². The van der Waals surface area contributed by atoms with Crippen molar-refractivity contribution in [3.8, 4) is 0 Å². The van der Waals surface area contributed by atoms with Crippen LogP contribution in [0.4, 0.5) is 0 Å². The third-order valence-corrected chi connectivity index (χ3v) is 2.37. The Labute approximate surface area is 97.0 Å². The zero-order chi connectivity index (χ0) is 9.90. The lowest BCUT2D eigenvalue weighted by Gasteiger charge is -2.22. The van der Waals surface area contributed by atoms with Crippen LogP contribution in [0.15, 0.2) is 37.0 Å². The van der Waals surface area contributed by atoms with E-state index in [4.69, 9.17) is 0 Å². The smallest absolute Gasteiger partial charge is 0.120 e. The summed E-state index contributed by atoms with van der Waals surface area (Å²) >= 11 is 0. The molecule has 0 radical (unpaired) electrons. The molecule has 0 fully saturated rings. The Hall–Kier alpha value is -0.600. The molecule has 0 unspecified atom stereocenters. The molecule has 0 spiro atoms. The summed E-state index contributed by atoms with van der Waals surface area (Å²) in [5.74, 6) is 0. The molecular weight excluding hydrogens is 238 g/mol. The fourth-order valence-electron chi connectivity index (χ4n) is 1.68. The summed E-state index contributed by atoms with van der Waals surface area (Å²) in [4.78, 5) is 0. The number of hydrogen-bond acceptors (Lipinski definition) is 0. The van der Waals surface area contributed by atoms with Crippen molar-refractivity contribution in [2.75, 3.05) is 0 Å². The fraction of sp³-hybridized carbons (Fsp3) is 0.333. The van der Waals surface area contributed by atoms with E-state index in [1.54, 1.807) is 0 Å². The maximum atomic E-state index is 3.75. The van der Waals surface area contributed by atoms with Crippen molar-refractivity contribution in [3.05, 3.63) is 48.2 Å². The molecule has 0 amide bonds. The Balaban J connectivity index is 0.00000169. The molecule has 14 heavy (non-hydrogen) atoms. The maximum absolute atomic E-state index is 3.75. The van der Waals surface area contributed by atoms with Crippen LogP contribution in [0.1, 0.15) is 25.0 Å². The molecule has 78 valence electrons. The quantitative estimate of drug-likeness (QED) is 0.710.